The summed E-state index contributed by atoms with van der Waals surface area (Å²) in [5.74, 6) is -6.01. The van der Waals surface area contributed by atoms with Crippen LogP contribution in [0.2, 0.25) is 0 Å². The highest BCUT2D eigenvalue weighted by atomic mass is 19.3. The second-order valence-electron chi connectivity index (χ2n) is 3.34. The van der Waals surface area contributed by atoms with Crippen LogP contribution in [0.1, 0.15) is 19.3 Å². The van der Waals surface area contributed by atoms with Crippen LogP contribution in [0.5, 0.6) is 0 Å². The molecule has 0 radical (unpaired) electrons. The molecule has 1 aliphatic rings. The van der Waals surface area contributed by atoms with Crippen LogP contribution >= 0.6 is 0 Å². The standard InChI is InChI=1S/C8H10F2O3/c9-8(10)2-1-6(7(12)13)5(3-8)4-11/h4-6H,1-3H2,(H,12,13). The Labute approximate surface area is 73.7 Å². The Morgan fingerprint density at radius 1 is 1.54 bits per heavy atom. The van der Waals surface area contributed by atoms with Crippen molar-refractivity contribution in [3.05, 3.63) is 0 Å². The molecule has 1 N–H and O–H groups in total. The van der Waals surface area contributed by atoms with E-state index in [1.165, 1.54) is 0 Å². The van der Waals surface area contributed by atoms with Gasteiger partial charge < -0.3 is 9.90 Å². The number of alkyl halides is 2. The quantitative estimate of drug-likeness (QED) is 0.671. The van der Waals surface area contributed by atoms with Crippen molar-refractivity contribution in [1.82, 2.24) is 0 Å². The van der Waals surface area contributed by atoms with Crippen LogP contribution in [-0.2, 0) is 9.59 Å². The van der Waals surface area contributed by atoms with Crippen LogP contribution in [0.15, 0.2) is 0 Å². The first-order chi connectivity index (χ1) is 5.96. The Kier molecular flexibility index (Phi) is 2.63. The zero-order chi connectivity index (χ0) is 10.1. The van der Waals surface area contributed by atoms with Gasteiger partial charge in [-0.25, -0.2) is 8.78 Å². The Bertz CT molecular complexity index is 227. The topological polar surface area (TPSA) is 54.4 Å². The number of aliphatic carboxylic acids is 1. The van der Waals surface area contributed by atoms with E-state index in [1.807, 2.05) is 0 Å². The van der Waals surface area contributed by atoms with E-state index in [4.69, 9.17) is 5.11 Å². The van der Waals surface area contributed by atoms with E-state index in [2.05, 4.69) is 0 Å². The van der Waals surface area contributed by atoms with Gasteiger partial charge in [0, 0.05) is 18.8 Å². The molecule has 3 nitrogen and oxygen atoms in total. The highest BCUT2D eigenvalue weighted by molar-refractivity contribution is 5.75. The molecule has 0 aromatic carbocycles. The van der Waals surface area contributed by atoms with Gasteiger partial charge in [-0.15, -0.1) is 0 Å². The summed E-state index contributed by atoms with van der Waals surface area (Å²) >= 11 is 0. The summed E-state index contributed by atoms with van der Waals surface area (Å²) in [5.41, 5.74) is 0. The highest BCUT2D eigenvalue weighted by Gasteiger charge is 2.43. The minimum Gasteiger partial charge on any atom is -0.481 e. The third kappa shape index (κ3) is 2.23. The van der Waals surface area contributed by atoms with Crippen LogP contribution in [0, 0.1) is 11.8 Å². The molecule has 5 heteroatoms. The summed E-state index contributed by atoms with van der Waals surface area (Å²) in [6, 6.07) is 0. The second kappa shape index (κ2) is 3.40. The Morgan fingerprint density at radius 3 is 2.62 bits per heavy atom. The molecule has 0 aromatic heterocycles. The molecule has 0 bridgehead atoms. The van der Waals surface area contributed by atoms with Crippen molar-refractivity contribution in [2.24, 2.45) is 11.8 Å². The van der Waals surface area contributed by atoms with Gasteiger partial charge in [0.25, 0.3) is 0 Å². The molecule has 1 aliphatic carbocycles. The molecule has 0 aliphatic heterocycles. The van der Waals surface area contributed by atoms with Gasteiger partial charge in [0.1, 0.15) is 6.29 Å². The molecule has 13 heavy (non-hydrogen) atoms. The van der Waals surface area contributed by atoms with Crippen LogP contribution in [0.25, 0.3) is 0 Å². The molecule has 0 heterocycles. The fraction of sp³-hybridized carbons (Fsp3) is 0.750. The van der Waals surface area contributed by atoms with Gasteiger partial charge in [0.05, 0.1) is 5.92 Å². The molecule has 0 saturated heterocycles. The predicted molar refractivity (Wildman–Crippen MR) is 39.5 cm³/mol. The SMILES string of the molecule is O=CC1CC(F)(F)CCC1C(=O)O. The van der Waals surface area contributed by atoms with E-state index < -0.39 is 36.6 Å². The Morgan fingerprint density at radius 2 is 2.15 bits per heavy atom. The molecular formula is C8H10F2O3. The fourth-order valence-electron chi connectivity index (χ4n) is 1.62. The van der Waals surface area contributed by atoms with E-state index in [0.717, 1.165) is 0 Å². The van der Waals surface area contributed by atoms with Gasteiger partial charge >= 0.3 is 5.97 Å². The first kappa shape index (κ1) is 10.1. The van der Waals surface area contributed by atoms with Gasteiger partial charge in [0.15, 0.2) is 0 Å². The lowest BCUT2D eigenvalue weighted by molar-refractivity contribution is -0.152. The maximum Gasteiger partial charge on any atom is 0.307 e. The normalized spacial score (nSPS) is 32.5. The maximum absolute atomic E-state index is 12.7. The number of halogens is 2. The summed E-state index contributed by atoms with van der Waals surface area (Å²) in [4.78, 5) is 20.9. The molecule has 1 rings (SSSR count). The number of rotatable bonds is 2. The third-order valence-electron chi connectivity index (χ3n) is 2.36. The Hall–Kier alpha value is -1.00. The van der Waals surface area contributed by atoms with Crippen molar-refractivity contribution in [3.8, 4) is 0 Å². The number of hydrogen-bond acceptors (Lipinski definition) is 2. The van der Waals surface area contributed by atoms with Crippen molar-refractivity contribution in [2.75, 3.05) is 0 Å². The van der Waals surface area contributed by atoms with Crippen LogP contribution in [0.4, 0.5) is 8.78 Å². The van der Waals surface area contributed by atoms with E-state index in [9.17, 15) is 18.4 Å². The van der Waals surface area contributed by atoms with Gasteiger partial charge in [-0.05, 0) is 6.42 Å². The molecular weight excluding hydrogens is 182 g/mol. The highest BCUT2D eigenvalue weighted by Crippen LogP contribution is 2.39. The Balaban J connectivity index is 2.71. The largest absolute Gasteiger partial charge is 0.481 e. The van der Waals surface area contributed by atoms with E-state index >= 15 is 0 Å². The first-order valence-electron chi connectivity index (χ1n) is 4.02. The van der Waals surface area contributed by atoms with Crippen molar-refractivity contribution >= 4 is 12.3 Å². The summed E-state index contributed by atoms with van der Waals surface area (Å²) in [6.07, 6.45) is -0.862. The summed E-state index contributed by atoms with van der Waals surface area (Å²) in [7, 11) is 0. The second-order valence-corrected chi connectivity index (χ2v) is 3.34. The monoisotopic (exact) mass is 192 g/mol. The van der Waals surface area contributed by atoms with Gasteiger partial charge in [-0.2, -0.15) is 0 Å². The van der Waals surface area contributed by atoms with Gasteiger partial charge in [-0.1, -0.05) is 0 Å². The minimum absolute atomic E-state index is 0.119. The molecule has 0 amide bonds. The maximum atomic E-state index is 12.7. The number of aldehydes is 1. The van der Waals surface area contributed by atoms with Crippen molar-refractivity contribution in [3.63, 3.8) is 0 Å². The fourth-order valence-corrected chi connectivity index (χ4v) is 1.62. The lowest BCUT2D eigenvalue weighted by Gasteiger charge is -2.30. The van der Waals surface area contributed by atoms with Gasteiger partial charge in [-0.3, -0.25) is 4.79 Å². The smallest absolute Gasteiger partial charge is 0.307 e. The average Bonchev–Trinajstić information content (AvgIpc) is 2.01. The van der Waals surface area contributed by atoms with Crippen molar-refractivity contribution < 1.29 is 23.5 Å². The van der Waals surface area contributed by atoms with Gasteiger partial charge in [0.2, 0.25) is 5.92 Å². The zero-order valence-corrected chi connectivity index (χ0v) is 6.87. The van der Waals surface area contributed by atoms with E-state index in [0.29, 0.717) is 6.29 Å². The summed E-state index contributed by atoms with van der Waals surface area (Å²) in [6.45, 7) is 0. The van der Waals surface area contributed by atoms with E-state index in [-0.39, 0.29) is 6.42 Å². The molecule has 1 fully saturated rings. The number of carbonyl (C=O) groups excluding carboxylic acids is 1. The number of carboxylic acids is 1. The van der Waals surface area contributed by atoms with Crippen molar-refractivity contribution in [2.45, 2.75) is 25.2 Å². The predicted octanol–water partition coefficient (Wildman–Crippen LogP) is 1.32. The van der Waals surface area contributed by atoms with Crippen LogP contribution in [0.3, 0.4) is 0 Å². The zero-order valence-electron chi connectivity index (χ0n) is 6.87. The van der Waals surface area contributed by atoms with E-state index in [1.54, 1.807) is 0 Å². The first-order valence-corrected chi connectivity index (χ1v) is 4.02. The lowest BCUT2D eigenvalue weighted by atomic mass is 9.78. The molecule has 2 atom stereocenters. The lowest BCUT2D eigenvalue weighted by Crippen LogP contribution is -2.37. The number of carboxylic acid groups (broad SMARTS) is 1. The minimum atomic E-state index is -2.88. The number of hydrogen-bond donors (Lipinski definition) is 1. The molecule has 74 valence electrons. The molecule has 1 saturated carbocycles. The third-order valence-corrected chi connectivity index (χ3v) is 2.36. The molecule has 0 aromatic rings. The molecule has 0 spiro atoms. The average molecular weight is 192 g/mol. The van der Waals surface area contributed by atoms with Crippen molar-refractivity contribution in [1.29, 1.82) is 0 Å². The number of carbonyl (C=O) groups is 2. The summed E-state index contributed by atoms with van der Waals surface area (Å²) in [5, 5.41) is 8.61. The van der Waals surface area contributed by atoms with Crippen LogP contribution in [-0.4, -0.2) is 23.3 Å². The van der Waals surface area contributed by atoms with Crippen LogP contribution < -0.4 is 0 Å². The molecule has 2 unspecified atom stereocenters. The summed E-state index contributed by atoms with van der Waals surface area (Å²) < 4.78 is 25.5.